The molecule has 0 heterocycles. The summed E-state index contributed by atoms with van der Waals surface area (Å²) in [5, 5.41) is 14.0. The van der Waals surface area contributed by atoms with Crippen molar-refractivity contribution in [2.45, 2.75) is 85.0 Å². The van der Waals surface area contributed by atoms with Crippen molar-refractivity contribution in [1.82, 2.24) is 0 Å². The molecule has 170 valence electrons. The Morgan fingerprint density at radius 1 is 0.679 bits per heavy atom. The molecule has 0 aliphatic rings. The minimum absolute atomic E-state index is 0.252. The monoisotopic (exact) mass is 403 g/mol. The van der Waals surface area contributed by atoms with E-state index in [1.807, 2.05) is 0 Å². The van der Waals surface area contributed by atoms with Gasteiger partial charge in [0.2, 0.25) is 0 Å². The predicted molar refractivity (Wildman–Crippen MR) is 123 cm³/mol. The molecule has 7 heteroatoms. The first-order valence-corrected chi connectivity index (χ1v) is 10.9. The predicted octanol–water partition coefficient (Wildman–Crippen LogP) is 3.83. The van der Waals surface area contributed by atoms with Gasteiger partial charge in [-0.25, -0.2) is 0 Å². The molecule has 0 aromatic rings. The molecule has 0 unspecified atom stereocenters. The zero-order valence-electron chi connectivity index (χ0n) is 18.9. The summed E-state index contributed by atoms with van der Waals surface area (Å²) < 4.78 is 10.2. The highest BCUT2D eigenvalue weighted by Crippen LogP contribution is 2.00. The Labute approximate surface area is 174 Å². The van der Waals surface area contributed by atoms with Crippen molar-refractivity contribution in [3.63, 3.8) is 0 Å². The van der Waals surface area contributed by atoms with Crippen LogP contribution >= 0.6 is 0 Å². The number of hydrogen-bond acceptors (Lipinski definition) is 6. The van der Waals surface area contributed by atoms with E-state index >= 15 is 0 Å². The summed E-state index contributed by atoms with van der Waals surface area (Å²) in [6.07, 6.45) is 11.1. The first-order chi connectivity index (χ1) is 13.5. The van der Waals surface area contributed by atoms with E-state index in [4.69, 9.17) is 37.5 Å². The lowest BCUT2D eigenvalue weighted by Crippen LogP contribution is -2.12. The van der Waals surface area contributed by atoms with E-state index in [1.54, 1.807) is 6.92 Å². The van der Waals surface area contributed by atoms with Crippen LogP contribution in [0.2, 0.25) is 0 Å². The molecule has 0 fully saturated rings. The highest BCUT2D eigenvalue weighted by Gasteiger charge is 1.92. The molecule has 7 nitrogen and oxygen atoms in total. The molecule has 0 aliphatic carbocycles. The summed E-state index contributed by atoms with van der Waals surface area (Å²) in [5.74, 6) is 0.252. The summed E-state index contributed by atoms with van der Waals surface area (Å²) >= 11 is 0. The van der Waals surface area contributed by atoms with Gasteiger partial charge >= 0.3 is 0 Å². The van der Waals surface area contributed by atoms with E-state index in [9.17, 15) is 0 Å². The Morgan fingerprint density at radius 2 is 1.25 bits per heavy atom. The normalized spacial score (nSPS) is 9.75. The topological polar surface area (TPSA) is 144 Å². The first kappa shape index (κ1) is 31.7. The third-order valence-corrected chi connectivity index (χ3v) is 3.54. The molecule has 0 aromatic heterocycles. The van der Waals surface area contributed by atoms with Gasteiger partial charge in [-0.3, -0.25) is 5.41 Å². The average Bonchev–Trinajstić information content (AvgIpc) is 2.66. The summed E-state index contributed by atoms with van der Waals surface area (Å²) in [6, 6.07) is 0. The molecular formula is C21H49N5O2. The standard InChI is InChI=1S/C7H15N3.C7H17NO2.C7H17N/c1-6(8)4-2-3-5-7(9)10;1-2-4-9-6-7-10-5-3-8;1-2-3-4-5-6-7-8/h8H,2-5H2,1H3,(H3,9,10);2-8H2,1H3;2-8H2,1H3. The molecule has 0 radical (unpaired) electrons. The molecule has 0 atom stereocenters. The van der Waals surface area contributed by atoms with Gasteiger partial charge in [-0.1, -0.05) is 39.5 Å². The van der Waals surface area contributed by atoms with E-state index in [0.29, 0.717) is 38.5 Å². The number of hydrogen-bond donors (Lipinski definition) is 5. The van der Waals surface area contributed by atoms with Crippen LogP contribution in [0.5, 0.6) is 0 Å². The Morgan fingerprint density at radius 3 is 1.71 bits per heavy atom. The fourth-order valence-corrected chi connectivity index (χ4v) is 2.00. The van der Waals surface area contributed by atoms with E-state index in [0.717, 1.165) is 38.8 Å². The van der Waals surface area contributed by atoms with E-state index in [2.05, 4.69) is 13.8 Å². The second kappa shape index (κ2) is 30.7. The Bertz CT molecular complexity index is 285. The fraction of sp³-hybridized carbons (Fsp3) is 0.905. The lowest BCUT2D eigenvalue weighted by molar-refractivity contribution is 0.0510. The highest BCUT2D eigenvalue weighted by molar-refractivity contribution is 5.79. The van der Waals surface area contributed by atoms with Gasteiger partial charge in [0.25, 0.3) is 0 Å². The van der Waals surface area contributed by atoms with Crippen molar-refractivity contribution in [3.8, 4) is 0 Å². The van der Waals surface area contributed by atoms with E-state index in [-0.39, 0.29) is 5.84 Å². The molecule has 0 saturated heterocycles. The van der Waals surface area contributed by atoms with E-state index in [1.165, 1.54) is 32.1 Å². The van der Waals surface area contributed by atoms with E-state index < -0.39 is 0 Å². The Balaban J connectivity index is -0.000000337. The molecule has 0 saturated carbocycles. The molecule has 0 aromatic carbocycles. The molecular weight excluding hydrogens is 354 g/mol. The van der Waals surface area contributed by atoms with Gasteiger partial charge in [-0.15, -0.1) is 0 Å². The largest absolute Gasteiger partial charge is 0.388 e. The smallest absolute Gasteiger partial charge is 0.0905 e. The maximum Gasteiger partial charge on any atom is 0.0905 e. The summed E-state index contributed by atoms with van der Waals surface area (Å²) in [4.78, 5) is 0. The van der Waals surface area contributed by atoms with Crippen LogP contribution in [0, 0.1) is 10.8 Å². The van der Waals surface area contributed by atoms with Crippen LogP contribution in [0.1, 0.15) is 85.0 Å². The molecule has 0 bridgehead atoms. The van der Waals surface area contributed by atoms with Crippen LogP contribution in [0.4, 0.5) is 0 Å². The van der Waals surface area contributed by atoms with Gasteiger partial charge in [0.15, 0.2) is 0 Å². The zero-order chi connectivity index (χ0) is 21.9. The number of nitrogens with one attached hydrogen (secondary N) is 2. The number of rotatable bonds is 17. The van der Waals surface area contributed by atoms with Crippen LogP contribution in [0.15, 0.2) is 0 Å². The first-order valence-electron chi connectivity index (χ1n) is 10.9. The summed E-state index contributed by atoms with van der Waals surface area (Å²) in [7, 11) is 0. The van der Waals surface area contributed by atoms with Crippen molar-refractivity contribution >= 4 is 11.5 Å². The Kier molecular flexibility index (Phi) is 34.7. The number of amidine groups is 1. The molecule has 8 N–H and O–H groups in total. The fourth-order valence-electron chi connectivity index (χ4n) is 2.00. The highest BCUT2D eigenvalue weighted by atomic mass is 16.5. The van der Waals surface area contributed by atoms with Gasteiger partial charge < -0.3 is 32.1 Å². The maximum absolute atomic E-state index is 7.10. The van der Waals surface area contributed by atoms with Gasteiger partial charge in [0.1, 0.15) is 0 Å². The molecule has 28 heavy (non-hydrogen) atoms. The van der Waals surface area contributed by atoms with Crippen molar-refractivity contribution in [2.24, 2.45) is 17.2 Å². The van der Waals surface area contributed by atoms with Gasteiger partial charge in [-0.05, 0) is 45.6 Å². The quantitative estimate of drug-likeness (QED) is 0.142. The zero-order valence-corrected chi connectivity index (χ0v) is 18.9. The SMILES string of the molecule is CC(=N)CCCCC(=N)N.CCCCCCCN.CCCOCCOCCN. The van der Waals surface area contributed by atoms with Gasteiger partial charge in [-0.2, -0.15) is 0 Å². The van der Waals surface area contributed by atoms with Crippen LogP contribution in [0.3, 0.4) is 0 Å². The summed E-state index contributed by atoms with van der Waals surface area (Å²) in [6.45, 7) is 10.4. The number of ether oxygens (including phenoxy) is 2. The van der Waals surface area contributed by atoms with Crippen LogP contribution in [0.25, 0.3) is 0 Å². The number of unbranched alkanes of at least 4 members (excludes halogenated alkanes) is 5. The van der Waals surface area contributed by atoms with Crippen LogP contribution in [-0.4, -0.2) is 51.1 Å². The minimum Gasteiger partial charge on any atom is -0.388 e. The molecule has 0 amide bonds. The average molecular weight is 404 g/mol. The third-order valence-electron chi connectivity index (χ3n) is 3.54. The van der Waals surface area contributed by atoms with Gasteiger partial charge in [0.05, 0.1) is 25.7 Å². The van der Waals surface area contributed by atoms with Crippen molar-refractivity contribution < 1.29 is 9.47 Å². The van der Waals surface area contributed by atoms with Crippen LogP contribution in [-0.2, 0) is 9.47 Å². The van der Waals surface area contributed by atoms with Crippen molar-refractivity contribution in [1.29, 1.82) is 10.8 Å². The van der Waals surface area contributed by atoms with Crippen LogP contribution < -0.4 is 17.2 Å². The molecule has 0 aliphatic heterocycles. The van der Waals surface area contributed by atoms with Gasteiger partial charge in [0, 0.05) is 25.3 Å². The second-order valence-electron chi connectivity index (χ2n) is 6.73. The second-order valence-corrected chi connectivity index (χ2v) is 6.73. The van der Waals surface area contributed by atoms with Crippen molar-refractivity contribution in [3.05, 3.63) is 0 Å². The molecule has 0 rings (SSSR count). The molecule has 0 spiro atoms. The lowest BCUT2D eigenvalue weighted by atomic mass is 10.1. The van der Waals surface area contributed by atoms with Crippen molar-refractivity contribution in [2.75, 3.05) is 39.5 Å². The minimum atomic E-state index is 0.252. The maximum atomic E-state index is 7.10. The Hall–Kier alpha value is -1.02. The third kappa shape index (κ3) is 44.4. The number of nitrogens with two attached hydrogens (primary N) is 3. The summed E-state index contributed by atoms with van der Waals surface area (Å²) in [5.41, 5.74) is 16.4. The lowest BCUT2D eigenvalue weighted by Gasteiger charge is -2.02.